The van der Waals surface area contributed by atoms with Crippen LogP contribution in [0.5, 0.6) is 5.75 Å². The van der Waals surface area contributed by atoms with Gasteiger partial charge in [-0.3, -0.25) is 0 Å². The minimum Gasteiger partial charge on any atom is -0.497 e. The van der Waals surface area contributed by atoms with E-state index < -0.39 is 0 Å². The fourth-order valence-electron chi connectivity index (χ4n) is 1.54. The van der Waals surface area contributed by atoms with E-state index in [0.717, 1.165) is 11.3 Å². The molecule has 1 aromatic heterocycles. The molecule has 1 fully saturated rings. The van der Waals surface area contributed by atoms with Gasteiger partial charge in [0, 0.05) is 11.6 Å². The molecule has 1 N–H and O–H groups in total. The van der Waals surface area contributed by atoms with E-state index in [0.29, 0.717) is 17.9 Å². The van der Waals surface area contributed by atoms with E-state index in [-0.39, 0.29) is 0 Å². The van der Waals surface area contributed by atoms with Crippen LogP contribution in [-0.4, -0.2) is 23.3 Å². The van der Waals surface area contributed by atoms with Gasteiger partial charge in [-0.25, -0.2) is 0 Å². The SMILES string of the molecule is COc1ccc(-c2noc(NC3CC3)n2)cc1. The lowest BCUT2D eigenvalue weighted by molar-refractivity contribution is 0.414. The highest BCUT2D eigenvalue weighted by Crippen LogP contribution is 2.25. The van der Waals surface area contributed by atoms with Crippen LogP contribution in [0.4, 0.5) is 6.01 Å². The van der Waals surface area contributed by atoms with Crippen molar-refractivity contribution >= 4 is 6.01 Å². The molecule has 0 spiro atoms. The summed E-state index contributed by atoms with van der Waals surface area (Å²) < 4.78 is 10.2. The lowest BCUT2D eigenvalue weighted by atomic mass is 10.2. The quantitative estimate of drug-likeness (QED) is 0.875. The van der Waals surface area contributed by atoms with Crippen LogP contribution in [-0.2, 0) is 0 Å². The first-order valence-corrected chi connectivity index (χ1v) is 5.60. The third-order valence-corrected chi connectivity index (χ3v) is 2.68. The lowest BCUT2D eigenvalue weighted by Crippen LogP contribution is -2.00. The van der Waals surface area contributed by atoms with Crippen molar-refractivity contribution in [2.45, 2.75) is 18.9 Å². The molecule has 0 bridgehead atoms. The van der Waals surface area contributed by atoms with E-state index in [1.165, 1.54) is 12.8 Å². The average Bonchev–Trinajstić information content (AvgIpc) is 3.06. The zero-order chi connectivity index (χ0) is 11.7. The third kappa shape index (κ3) is 2.22. The molecule has 0 atom stereocenters. The Labute approximate surface area is 98.8 Å². The van der Waals surface area contributed by atoms with E-state index in [9.17, 15) is 0 Å². The number of nitrogens with zero attached hydrogens (tertiary/aromatic N) is 2. The zero-order valence-electron chi connectivity index (χ0n) is 9.51. The molecule has 5 nitrogen and oxygen atoms in total. The van der Waals surface area contributed by atoms with E-state index in [2.05, 4.69) is 15.5 Å². The molecule has 1 aliphatic carbocycles. The summed E-state index contributed by atoms with van der Waals surface area (Å²) in [5.41, 5.74) is 0.915. The van der Waals surface area contributed by atoms with Crippen LogP contribution in [0.25, 0.3) is 11.4 Å². The Balaban J connectivity index is 1.79. The van der Waals surface area contributed by atoms with Gasteiger partial charge >= 0.3 is 6.01 Å². The molecule has 0 radical (unpaired) electrons. The summed E-state index contributed by atoms with van der Waals surface area (Å²) in [4.78, 5) is 4.29. The maximum absolute atomic E-state index is 5.12. The van der Waals surface area contributed by atoms with Crippen molar-refractivity contribution in [2.75, 3.05) is 12.4 Å². The number of aromatic nitrogens is 2. The fraction of sp³-hybridized carbons (Fsp3) is 0.333. The predicted octanol–water partition coefficient (Wildman–Crippen LogP) is 2.32. The monoisotopic (exact) mass is 231 g/mol. The number of hydrogen-bond donors (Lipinski definition) is 1. The topological polar surface area (TPSA) is 60.2 Å². The summed E-state index contributed by atoms with van der Waals surface area (Å²) in [6.45, 7) is 0. The average molecular weight is 231 g/mol. The second kappa shape index (κ2) is 4.08. The van der Waals surface area contributed by atoms with Crippen molar-refractivity contribution in [3.05, 3.63) is 24.3 Å². The summed E-state index contributed by atoms with van der Waals surface area (Å²) >= 11 is 0. The van der Waals surface area contributed by atoms with Gasteiger partial charge in [-0.05, 0) is 37.1 Å². The molecule has 0 saturated heterocycles. The second-order valence-electron chi connectivity index (χ2n) is 4.07. The summed E-state index contributed by atoms with van der Waals surface area (Å²) in [6, 6.07) is 8.58. The first kappa shape index (κ1) is 10.1. The molecular weight excluding hydrogens is 218 g/mol. The van der Waals surface area contributed by atoms with Crippen molar-refractivity contribution in [3.8, 4) is 17.1 Å². The van der Waals surface area contributed by atoms with Gasteiger partial charge in [0.15, 0.2) is 0 Å². The second-order valence-corrected chi connectivity index (χ2v) is 4.07. The first-order chi connectivity index (χ1) is 8.35. The van der Waals surface area contributed by atoms with Gasteiger partial charge in [0.2, 0.25) is 5.82 Å². The summed E-state index contributed by atoms with van der Waals surface area (Å²) in [5, 5.41) is 7.10. The summed E-state index contributed by atoms with van der Waals surface area (Å²) in [6.07, 6.45) is 2.36. The number of ether oxygens (including phenoxy) is 1. The molecule has 0 amide bonds. The van der Waals surface area contributed by atoms with Crippen molar-refractivity contribution in [1.29, 1.82) is 0 Å². The van der Waals surface area contributed by atoms with Crippen LogP contribution in [0.3, 0.4) is 0 Å². The molecule has 0 unspecified atom stereocenters. The van der Waals surface area contributed by atoms with Crippen LogP contribution < -0.4 is 10.1 Å². The molecule has 88 valence electrons. The molecule has 0 aliphatic heterocycles. The molecule has 17 heavy (non-hydrogen) atoms. The molecule has 1 aliphatic rings. The van der Waals surface area contributed by atoms with Gasteiger partial charge in [0.1, 0.15) is 5.75 Å². The molecule has 2 aromatic rings. The first-order valence-electron chi connectivity index (χ1n) is 5.60. The van der Waals surface area contributed by atoms with Crippen LogP contribution in [0.2, 0.25) is 0 Å². The van der Waals surface area contributed by atoms with Crippen molar-refractivity contribution in [3.63, 3.8) is 0 Å². The maximum Gasteiger partial charge on any atom is 0.322 e. The molecule has 5 heteroatoms. The fourth-order valence-corrected chi connectivity index (χ4v) is 1.54. The maximum atomic E-state index is 5.12. The van der Waals surface area contributed by atoms with Crippen LogP contribution in [0.15, 0.2) is 28.8 Å². The van der Waals surface area contributed by atoms with Crippen LogP contribution >= 0.6 is 0 Å². The molecule has 1 aromatic carbocycles. The van der Waals surface area contributed by atoms with Crippen LogP contribution in [0, 0.1) is 0 Å². The van der Waals surface area contributed by atoms with Gasteiger partial charge in [0.05, 0.1) is 7.11 Å². The Kier molecular flexibility index (Phi) is 2.44. The van der Waals surface area contributed by atoms with Crippen molar-refractivity contribution < 1.29 is 9.26 Å². The molecule has 1 saturated carbocycles. The normalized spacial score (nSPS) is 14.6. The largest absolute Gasteiger partial charge is 0.497 e. The summed E-state index contributed by atoms with van der Waals surface area (Å²) in [7, 11) is 1.64. The Hall–Kier alpha value is -2.04. The van der Waals surface area contributed by atoms with Gasteiger partial charge in [-0.2, -0.15) is 4.98 Å². The number of methoxy groups -OCH3 is 1. The summed E-state index contributed by atoms with van der Waals surface area (Å²) in [5.74, 6) is 1.41. The van der Waals surface area contributed by atoms with Gasteiger partial charge in [-0.15, -0.1) is 0 Å². The molecular formula is C12H13N3O2. The Morgan fingerprint density at radius 3 is 2.71 bits per heavy atom. The standard InChI is InChI=1S/C12H13N3O2/c1-16-10-6-2-8(3-7-10)11-14-12(17-15-11)13-9-4-5-9/h2-3,6-7,9H,4-5H2,1H3,(H,13,14,15). The highest BCUT2D eigenvalue weighted by molar-refractivity contribution is 5.56. The van der Waals surface area contributed by atoms with Gasteiger partial charge in [-0.1, -0.05) is 5.16 Å². The van der Waals surface area contributed by atoms with Crippen LogP contribution in [0.1, 0.15) is 12.8 Å². The van der Waals surface area contributed by atoms with E-state index >= 15 is 0 Å². The van der Waals surface area contributed by atoms with Gasteiger partial charge < -0.3 is 14.6 Å². The number of benzene rings is 1. The smallest absolute Gasteiger partial charge is 0.322 e. The Bertz CT molecular complexity index is 503. The minimum absolute atomic E-state index is 0.498. The number of nitrogens with one attached hydrogen (secondary N) is 1. The van der Waals surface area contributed by atoms with E-state index in [1.54, 1.807) is 7.11 Å². The predicted molar refractivity (Wildman–Crippen MR) is 62.9 cm³/mol. The molecule has 1 heterocycles. The Morgan fingerprint density at radius 2 is 2.06 bits per heavy atom. The number of hydrogen-bond acceptors (Lipinski definition) is 5. The van der Waals surface area contributed by atoms with Gasteiger partial charge in [0.25, 0.3) is 0 Å². The van der Waals surface area contributed by atoms with E-state index in [4.69, 9.17) is 9.26 Å². The zero-order valence-corrected chi connectivity index (χ0v) is 9.51. The van der Waals surface area contributed by atoms with Crippen molar-refractivity contribution in [1.82, 2.24) is 10.1 Å². The highest BCUT2D eigenvalue weighted by Gasteiger charge is 2.23. The third-order valence-electron chi connectivity index (χ3n) is 2.68. The minimum atomic E-state index is 0.498. The lowest BCUT2D eigenvalue weighted by Gasteiger charge is -1.98. The van der Waals surface area contributed by atoms with E-state index in [1.807, 2.05) is 24.3 Å². The highest BCUT2D eigenvalue weighted by atomic mass is 16.5. The molecule has 3 rings (SSSR count). The Morgan fingerprint density at radius 1 is 1.29 bits per heavy atom. The van der Waals surface area contributed by atoms with Crippen molar-refractivity contribution in [2.24, 2.45) is 0 Å². The number of rotatable bonds is 4. The number of anilines is 1.